The summed E-state index contributed by atoms with van der Waals surface area (Å²) in [6.45, 7) is 1.13. The summed E-state index contributed by atoms with van der Waals surface area (Å²) in [5.74, 6) is 1.99. The molecular weight excluding hydrogens is 280 g/mol. The number of fused-ring (bicyclic) bond motifs is 1. The van der Waals surface area contributed by atoms with Crippen LogP contribution >= 0.6 is 0 Å². The van der Waals surface area contributed by atoms with Gasteiger partial charge in [-0.3, -0.25) is 4.79 Å². The molecule has 2 heterocycles. The highest BCUT2D eigenvalue weighted by Gasteiger charge is 2.37. The summed E-state index contributed by atoms with van der Waals surface area (Å²) >= 11 is 0. The molecule has 1 saturated carbocycles. The molecule has 1 aromatic rings. The zero-order valence-corrected chi connectivity index (χ0v) is 12.7. The summed E-state index contributed by atoms with van der Waals surface area (Å²) in [4.78, 5) is 14.9. The minimum Gasteiger partial charge on any atom is -0.454 e. The first-order valence-electron chi connectivity index (χ1n) is 8.18. The van der Waals surface area contributed by atoms with Gasteiger partial charge >= 0.3 is 0 Å². The second-order valence-electron chi connectivity index (χ2n) is 6.57. The van der Waals surface area contributed by atoms with Gasteiger partial charge in [-0.05, 0) is 49.8 Å². The molecule has 1 aliphatic carbocycles. The van der Waals surface area contributed by atoms with Gasteiger partial charge in [-0.15, -0.1) is 0 Å². The molecule has 0 bridgehead atoms. The number of benzene rings is 1. The number of carbonyl (C=O) groups excluding carboxylic acids is 1. The average molecular weight is 302 g/mol. The van der Waals surface area contributed by atoms with Gasteiger partial charge in [0.05, 0.1) is 6.04 Å². The SMILES string of the molecule is N[C@@H]1CC[C@@H](C(=O)N2CCC[C@H]2c2ccc3c(c2)OCO3)C1. The minimum atomic E-state index is 0.115. The lowest BCUT2D eigenvalue weighted by Crippen LogP contribution is -2.35. The highest BCUT2D eigenvalue weighted by Crippen LogP contribution is 2.40. The van der Waals surface area contributed by atoms with Gasteiger partial charge in [-0.2, -0.15) is 0 Å². The van der Waals surface area contributed by atoms with Crippen LogP contribution in [0.1, 0.15) is 43.7 Å². The Kier molecular flexibility index (Phi) is 3.45. The molecule has 5 heteroatoms. The summed E-state index contributed by atoms with van der Waals surface area (Å²) < 4.78 is 10.8. The van der Waals surface area contributed by atoms with Crippen molar-refractivity contribution in [2.75, 3.05) is 13.3 Å². The van der Waals surface area contributed by atoms with E-state index in [1.165, 1.54) is 0 Å². The van der Waals surface area contributed by atoms with Gasteiger partial charge in [-0.1, -0.05) is 6.07 Å². The van der Waals surface area contributed by atoms with E-state index in [1.807, 2.05) is 12.1 Å². The number of amides is 1. The third kappa shape index (κ3) is 2.33. The standard InChI is InChI=1S/C17H22N2O3/c18-13-5-3-12(8-13)17(20)19-7-1-2-14(19)11-4-6-15-16(9-11)22-10-21-15/h4,6,9,12-14H,1-3,5,7-8,10,18H2/t12-,13-,14+/m1/s1. The Balaban J connectivity index is 1.54. The van der Waals surface area contributed by atoms with Crippen molar-refractivity contribution in [3.05, 3.63) is 23.8 Å². The molecule has 22 heavy (non-hydrogen) atoms. The summed E-state index contributed by atoms with van der Waals surface area (Å²) in [5, 5.41) is 0. The maximum Gasteiger partial charge on any atom is 0.231 e. The van der Waals surface area contributed by atoms with Crippen LogP contribution in [-0.2, 0) is 4.79 Å². The first-order valence-corrected chi connectivity index (χ1v) is 8.18. The molecule has 0 aromatic heterocycles. The molecule has 3 atom stereocenters. The fourth-order valence-corrected chi connectivity index (χ4v) is 3.97. The normalized spacial score (nSPS) is 30.0. The van der Waals surface area contributed by atoms with E-state index in [4.69, 9.17) is 15.2 Å². The molecule has 2 aliphatic heterocycles. The third-order valence-corrected chi connectivity index (χ3v) is 5.14. The van der Waals surface area contributed by atoms with Gasteiger partial charge in [0, 0.05) is 18.5 Å². The van der Waals surface area contributed by atoms with Gasteiger partial charge in [0.2, 0.25) is 12.7 Å². The molecule has 2 N–H and O–H groups in total. The highest BCUT2D eigenvalue weighted by molar-refractivity contribution is 5.80. The molecule has 5 nitrogen and oxygen atoms in total. The van der Waals surface area contributed by atoms with E-state index in [0.29, 0.717) is 0 Å². The van der Waals surface area contributed by atoms with Gasteiger partial charge in [0.1, 0.15) is 0 Å². The van der Waals surface area contributed by atoms with E-state index >= 15 is 0 Å². The van der Waals surface area contributed by atoms with Crippen LogP contribution in [0.3, 0.4) is 0 Å². The maximum atomic E-state index is 12.8. The van der Waals surface area contributed by atoms with Crippen molar-refractivity contribution in [2.24, 2.45) is 11.7 Å². The fraction of sp³-hybridized carbons (Fsp3) is 0.588. The minimum absolute atomic E-state index is 0.115. The summed E-state index contributed by atoms with van der Waals surface area (Å²) in [5.41, 5.74) is 7.12. The first kappa shape index (κ1) is 13.9. The predicted molar refractivity (Wildman–Crippen MR) is 81.6 cm³/mol. The Bertz CT molecular complexity index is 589. The van der Waals surface area contributed by atoms with E-state index in [1.54, 1.807) is 0 Å². The summed E-state index contributed by atoms with van der Waals surface area (Å²) in [6, 6.07) is 6.40. The van der Waals surface area contributed by atoms with E-state index in [0.717, 1.165) is 55.7 Å². The summed E-state index contributed by atoms with van der Waals surface area (Å²) in [6.07, 6.45) is 4.82. The monoisotopic (exact) mass is 302 g/mol. The molecule has 1 amide bonds. The Hall–Kier alpha value is -1.75. The lowest BCUT2D eigenvalue weighted by atomic mass is 10.0. The molecular formula is C17H22N2O3. The van der Waals surface area contributed by atoms with Crippen LogP contribution in [-0.4, -0.2) is 30.2 Å². The number of rotatable bonds is 2. The topological polar surface area (TPSA) is 64.8 Å². The van der Waals surface area contributed by atoms with Crippen molar-refractivity contribution in [2.45, 2.75) is 44.2 Å². The van der Waals surface area contributed by atoms with Crippen molar-refractivity contribution in [3.63, 3.8) is 0 Å². The number of hydrogen-bond donors (Lipinski definition) is 1. The van der Waals surface area contributed by atoms with Crippen LogP contribution in [0.2, 0.25) is 0 Å². The van der Waals surface area contributed by atoms with Crippen LogP contribution in [0, 0.1) is 5.92 Å². The van der Waals surface area contributed by atoms with Crippen molar-refractivity contribution in [1.82, 2.24) is 4.90 Å². The molecule has 0 unspecified atom stereocenters. The largest absolute Gasteiger partial charge is 0.454 e. The number of likely N-dealkylation sites (tertiary alicyclic amines) is 1. The van der Waals surface area contributed by atoms with Gasteiger partial charge < -0.3 is 20.1 Å². The van der Waals surface area contributed by atoms with Crippen LogP contribution in [0.15, 0.2) is 18.2 Å². The Labute approximate surface area is 130 Å². The third-order valence-electron chi connectivity index (χ3n) is 5.14. The molecule has 0 radical (unpaired) electrons. The van der Waals surface area contributed by atoms with Crippen molar-refractivity contribution in [1.29, 1.82) is 0 Å². The average Bonchev–Trinajstić information content (AvgIpc) is 3.25. The van der Waals surface area contributed by atoms with Crippen LogP contribution in [0.4, 0.5) is 0 Å². The van der Waals surface area contributed by atoms with Crippen molar-refractivity contribution >= 4 is 5.91 Å². The zero-order chi connectivity index (χ0) is 15.1. The Morgan fingerprint density at radius 1 is 1.18 bits per heavy atom. The molecule has 4 rings (SSSR count). The first-order chi connectivity index (χ1) is 10.7. The second-order valence-corrected chi connectivity index (χ2v) is 6.57. The van der Waals surface area contributed by atoms with E-state index in [2.05, 4.69) is 11.0 Å². The van der Waals surface area contributed by atoms with E-state index in [-0.39, 0.29) is 30.7 Å². The van der Waals surface area contributed by atoms with Gasteiger partial charge in [0.15, 0.2) is 11.5 Å². The zero-order valence-electron chi connectivity index (χ0n) is 12.7. The molecule has 2 fully saturated rings. The number of hydrogen-bond acceptors (Lipinski definition) is 4. The van der Waals surface area contributed by atoms with Crippen LogP contribution in [0.25, 0.3) is 0 Å². The van der Waals surface area contributed by atoms with E-state index < -0.39 is 0 Å². The molecule has 118 valence electrons. The van der Waals surface area contributed by atoms with Crippen LogP contribution < -0.4 is 15.2 Å². The van der Waals surface area contributed by atoms with Crippen LogP contribution in [0.5, 0.6) is 11.5 Å². The van der Waals surface area contributed by atoms with Crippen molar-refractivity contribution in [3.8, 4) is 11.5 Å². The highest BCUT2D eigenvalue weighted by atomic mass is 16.7. The Morgan fingerprint density at radius 3 is 2.86 bits per heavy atom. The molecule has 1 aromatic carbocycles. The number of nitrogens with two attached hydrogens (primary N) is 1. The molecule has 3 aliphatic rings. The van der Waals surface area contributed by atoms with Crippen molar-refractivity contribution < 1.29 is 14.3 Å². The lowest BCUT2D eigenvalue weighted by Gasteiger charge is -2.28. The number of ether oxygens (including phenoxy) is 2. The van der Waals surface area contributed by atoms with Gasteiger partial charge in [0.25, 0.3) is 0 Å². The predicted octanol–water partition coefficient (Wildman–Crippen LogP) is 2.21. The Morgan fingerprint density at radius 2 is 2.05 bits per heavy atom. The fourth-order valence-electron chi connectivity index (χ4n) is 3.97. The second kappa shape index (κ2) is 5.47. The van der Waals surface area contributed by atoms with Gasteiger partial charge in [-0.25, -0.2) is 0 Å². The molecule has 1 saturated heterocycles. The number of carbonyl (C=O) groups is 1. The number of nitrogens with zero attached hydrogens (tertiary/aromatic N) is 1. The molecule has 0 spiro atoms. The summed E-state index contributed by atoms with van der Waals surface area (Å²) in [7, 11) is 0. The lowest BCUT2D eigenvalue weighted by molar-refractivity contribution is -0.136. The quantitative estimate of drug-likeness (QED) is 0.909. The maximum absolute atomic E-state index is 12.8. The van der Waals surface area contributed by atoms with E-state index in [9.17, 15) is 4.79 Å². The smallest absolute Gasteiger partial charge is 0.231 e.